The van der Waals surface area contributed by atoms with Crippen molar-refractivity contribution in [3.8, 4) is 0 Å². The minimum atomic E-state index is -5.70. The molecule has 1 aliphatic rings. The van der Waals surface area contributed by atoms with E-state index in [1.807, 2.05) is 0 Å². The minimum Gasteiger partial charge on any atom is -0.387 e. The monoisotopic (exact) mass is 605 g/mol. The van der Waals surface area contributed by atoms with Crippen molar-refractivity contribution in [2.75, 3.05) is 12.3 Å². The molecule has 3 rings (SSSR count). The van der Waals surface area contributed by atoms with Crippen molar-refractivity contribution in [1.29, 1.82) is 0 Å². The molecule has 2 aromatic rings. The topological polar surface area (TPSA) is 357 Å². The lowest BCUT2D eigenvalue weighted by Crippen LogP contribution is -2.33. The van der Waals surface area contributed by atoms with Crippen LogP contribution < -0.4 is 5.73 Å². The fourth-order valence-corrected chi connectivity index (χ4v) is 5.65. The molecule has 11 N–H and O–H groups in total. The summed E-state index contributed by atoms with van der Waals surface area (Å²) in [6.45, 7) is -0.956. The highest BCUT2D eigenvalue weighted by molar-refractivity contribution is 7.66. The summed E-state index contributed by atoms with van der Waals surface area (Å²) < 4.78 is 60.8. The van der Waals surface area contributed by atoms with Crippen molar-refractivity contribution in [2.45, 2.75) is 24.5 Å². The number of rotatable bonds is 8. The van der Waals surface area contributed by atoms with Crippen molar-refractivity contribution < 1.29 is 80.6 Å². The first-order chi connectivity index (χ1) is 16.2. The molecule has 3 heterocycles. The Morgan fingerprint density at radius 1 is 0.917 bits per heavy atom. The molecule has 1 aliphatic heterocycles. The number of hydrogen-bond acceptors (Lipinski definition) is 14. The third kappa shape index (κ3) is 9.25. The van der Waals surface area contributed by atoms with E-state index in [1.165, 1.54) is 10.9 Å². The molecule has 0 saturated carbocycles. The first-order valence-electron chi connectivity index (χ1n) is 8.70. The molecule has 22 nitrogen and oxygen atoms in total. The van der Waals surface area contributed by atoms with E-state index in [2.05, 4.69) is 28.1 Å². The highest BCUT2D eigenvalue weighted by atomic mass is 31.3. The summed E-state index contributed by atoms with van der Waals surface area (Å²) in [5.74, 6) is 0.0426. The Hall–Kier alpha value is -1.25. The SMILES string of the molecule is Nc1ncnc2c1ncn2[C@@H]1O[C@H](COP(=O)(O)OP(=O)(O)OP(=O)(O)O)[C@@H](O)[C@H]1O.O=P(O)(O)O. The van der Waals surface area contributed by atoms with Crippen LogP contribution in [-0.2, 0) is 36.1 Å². The molecule has 0 radical (unpaired) electrons. The number of phosphoric ester groups is 1. The zero-order chi connectivity index (χ0) is 27.7. The number of nitrogens with two attached hydrogens (primary N) is 1. The number of hydrogen-bond donors (Lipinski definition) is 10. The number of nitrogens with zero attached hydrogens (tertiary/aromatic N) is 4. The molecule has 1 fully saturated rings. The number of imidazole rings is 1. The molecule has 36 heavy (non-hydrogen) atoms. The smallest absolute Gasteiger partial charge is 0.387 e. The van der Waals surface area contributed by atoms with Gasteiger partial charge in [0.1, 0.15) is 30.2 Å². The fourth-order valence-electron chi connectivity index (χ4n) is 2.62. The van der Waals surface area contributed by atoms with Crippen molar-refractivity contribution in [3.05, 3.63) is 12.7 Å². The molecule has 0 amide bonds. The van der Waals surface area contributed by atoms with Crippen molar-refractivity contribution >= 4 is 48.3 Å². The molecule has 0 spiro atoms. The van der Waals surface area contributed by atoms with E-state index in [4.69, 9.17) is 44.4 Å². The minimum absolute atomic E-state index is 0.0426. The number of nitrogen functional groups attached to an aromatic ring is 1. The van der Waals surface area contributed by atoms with Gasteiger partial charge in [0.25, 0.3) is 0 Å². The molecule has 26 heteroatoms. The van der Waals surface area contributed by atoms with Crippen LogP contribution in [0.2, 0.25) is 0 Å². The normalized spacial score (nSPS) is 26.1. The molecule has 2 unspecified atom stereocenters. The molecule has 2 aromatic heterocycles. The Labute approximate surface area is 198 Å². The predicted molar refractivity (Wildman–Crippen MR) is 110 cm³/mol. The van der Waals surface area contributed by atoms with Gasteiger partial charge in [-0.1, -0.05) is 0 Å². The van der Waals surface area contributed by atoms with Crippen LogP contribution in [0.25, 0.3) is 11.2 Å². The van der Waals surface area contributed by atoms with Gasteiger partial charge in [0, 0.05) is 0 Å². The van der Waals surface area contributed by atoms with Gasteiger partial charge in [-0.05, 0) is 0 Å². The second-order valence-corrected chi connectivity index (χ2v) is 12.0. The van der Waals surface area contributed by atoms with Crippen LogP contribution in [0.15, 0.2) is 12.7 Å². The van der Waals surface area contributed by atoms with Gasteiger partial charge < -0.3 is 54.9 Å². The number of phosphoric acid groups is 4. The molecule has 0 aromatic carbocycles. The van der Waals surface area contributed by atoms with Crippen molar-refractivity contribution in [1.82, 2.24) is 19.5 Å². The fraction of sp³-hybridized carbons (Fsp3) is 0.500. The summed E-state index contributed by atoms with van der Waals surface area (Å²) >= 11 is 0. The van der Waals surface area contributed by atoms with Crippen LogP contribution in [0.1, 0.15) is 6.23 Å². The average Bonchev–Trinajstić information content (AvgIpc) is 3.19. The van der Waals surface area contributed by atoms with Gasteiger partial charge in [0.05, 0.1) is 12.9 Å². The maximum absolute atomic E-state index is 11.8. The van der Waals surface area contributed by atoms with E-state index < -0.39 is 62.4 Å². The Bertz CT molecular complexity index is 1250. The largest absolute Gasteiger partial charge is 0.490 e. The number of aliphatic hydroxyl groups excluding tert-OH is 2. The van der Waals surface area contributed by atoms with Gasteiger partial charge in [-0.2, -0.15) is 8.62 Å². The summed E-state index contributed by atoms with van der Waals surface area (Å²) in [7, 11) is -21.3. The molecule has 1 saturated heterocycles. The first kappa shape index (κ1) is 31.0. The maximum atomic E-state index is 11.8. The molecule has 0 aliphatic carbocycles. The average molecular weight is 605 g/mol. The number of aliphatic hydroxyl groups is 2. The second-order valence-electron chi connectivity index (χ2n) is 6.53. The molecule has 6 atom stereocenters. The van der Waals surface area contributed by atoms with E-state index in [0.29, 0.717) is 0 Å². The van der Waals surface area contributed by atoms with Crippen LogP contribution in [0.3, 0.4) is 0 Å². The molecule has 206 valence electrons. The Morgan fingerprint density at radius 3 is 2.06 bits per heavy atom. The highest BCUT2D eigenvalue weighted by Crippen LogP contribution is 2.66. The van der Waals surface area contributed by atoms with Crippen molar-refractivity contribution in [3.63, 3.8) is 0 Å². The van der Waals surface area contributed by atoms with Gasteiger partial charge in [0.15, 0.2) is 17.7 Å². The predicted octanol–water partition coefficient (Wildman–Crippen LogP) is -2.56. The van der Waals surface area contributed by atoms with Gasteiger partial charge in [0.2, 0.25) is 0 Å². The third-order valence-corrected chi connectivity index (χ3v) is 7.62. The summed E-state index contributed by atoms with van der Waals surface area (Å²) in [5.41, 5.74) is 6.00. The van der Waals surface area contributed by atoms with E-state index in [9.17, 15) is 28.8 Å². The molecule has 0 bridgehead atoms. The van der Waals surface area contributed by atoms with Crippen molar-refractivity contribution in [2.24, 2.45) is 0 Å². The van der Waals surface area contributed by atoms with E-state index >= 15 is 0 Å². The number of aromatic nitrogens is 4. The van der Waals surface area contributed by atoms with Gasteiger partial charge in [-0.15, -0.1) is 0 Å². The summed E-state index contributed by atoms with van der Waals surface area (Å²) in [6, 6.07) is 0. The summed E-state index contributed by atoms with van der Waals surface area (Å²) in [6.07, 6.45) is -3.69. The second kappa shape index (κ2) is 11.2. The highest BCUT2D eigenvalue weighted by Gasteiger charge is 2.47. The van der Waals surface area contributed by atoms with Crippen LogP contribution in [0, 0.1) is 0 Å². The van der Waals surface area contributed by atoms with Crippen LogP contribution in [0.5, 0.6) is 0 Å². The lowest BCUT2D eigenvalue weighted by Gasteiger charge is -2.19. The molecular weight excluding hydrogens is 586 g/mol. The van der Waals surface area contributed by atoms with E-state index in [1.54, 1.807) is 0 Å². The van der Waals surface area contributed by atoms with Crippen LogP contribution in [-0.4, -0.2) is 88.9 Å². The number of fused-ring (bicyclic) bond motifs is 1. The zero-order valence-corrected chi connectivity index (χ0v) is 20.7. The molecular formula is C10H19N5O17P4. The van der Waals surface area contributed by atoms with Crippen LogP contribution >= 0.6 is 31.3 Å². The zero-order valence-electron chi connectivity index (χ0n) is 17.1. The standard InChI is InChI=1S/C10H16N5O13P3.H3O4P/c11-8-5-9(13-2-12-8)15(3-14-5)10-7(17)6(16)4(26-10)1-25-30(21,22)28-31(23,24)27-29(18,19)20;1-5(2,3)4/h2-4,6-7,10,16-17H,1H2,(H,21,22)(H,23,24)(H2,11,12,13)(H2,18,19,20);(H3,1,2,3,4)/t4-,6-,7-,10-;/m1./s1. The first-order valence-corrected chi connectivity index (χ1v) is 14.8. The van der Waals surface area contributed by atoms with E-state index in [0.717, 1.165) is 6.33 Å². The quantitative estimate of drug-likeness (QED) is 0.138. The van der Waals surface area contributed by atoms with Gasteiger partial charge in [-0.25, -0.2) is 33.2 Å². The Balaban J connectivity index is 0.000000830. The number of ether oxygens (including phenoxy) is 1. The van der Waals surface area contributed by atoms with Gasteiger partial charge >= 0.3 is 31.3 Å². The number of anilines is 1. The summed E-state index contributed by atoms with van der Waals surface area (Å²) in [5, 5.41) is 20.4. The third-order valence-electron chi connectivity index (χ3n) is 3.82. The van der Waals surface area contributed by atoms with Crippen LogP contribution in [0.4, 0.5) is 5.82 Å². The Morgan fingerprint density at radius 2 is 1.50 bits per heavy atom. The lowest BCUT2D eigenvalue weighted by molar-refractivity contribution is -0.0503. The summed E-state index contributed by atoms with van der Waals surface area (Å²) in [4.78, 5) is 68.8. The van der Waals surface area contributed by atoms with Gasteiger partial charge in [-0.3, -0.25) is 9.09 Å². The lowest BCUT2D eigenvalue weighted by atomic mass is 10.1. The Kier molecular flexibility index (Phi) is 9.67. The maximum Gasteiger partial charge on any atom is 0.490 e. The van der Waals surface area contributed by atoms with E-state index in [-0.39, 0.29) is 17.0 Å².